The van der Waals surface area contributed by atoms with E-state index in [-0.39, 0.29) is 6.09 Å². The summed E-state index contributed by atoms with van der Waals surface area (Å²) in [5, 5.41) is 4.11. The minimum absolute atomic E-state index is 0.195. The Bertz CT molecular complexity index is 733. The molecule has 0 bridgehead atoms. The third-order valence-electron chi connectivity index (χ3n) is 5.33. The summed E-state index contributed by atoms with van der Waals surface area (Å²) in [6.45, 7) is 8.29. The number of rotatable bonds is 5. The first-order chi connectivity index (χ1) is 12.6. The number of aryl methyl sites for hydroxylation is 1. The summed E-state index contributed by atoms with van der Waals surface area (Å²) in [5.74, 6) is 0.639. The first kappa shape index (κ1) is 19.5. The maximum atomic E-state index is 12.1. The molecule has 7 heteroatoms. The summed E-state index contributed by atoms with van der Waals surface area (Å²) in [6, 6.07) is 0. The Balaban J connectivity index is 1.41. The summed E-state index contributed by atoms with van der Waals surface area (Å²) in [5.41, 5.74) is 1.28. The molecule has 0 radical (unpaired) electrons. The van der Waals surface area contributed by atoms with Crippen LogP contribution in [0.1, 0.15) is 49.7 Å². The van der Waals surface area contributed by atoms with E-state index in [1.165, 1.54) is 0 Å². The summed E-state index contributed by atoms with van der Waals surface area (Å²) in [4.78, 5) is 27.1. The molecule has 1 spiro atoms. The predicted octanol–water partition coefficient (Wildman–Crippen LogP) is 2.78. The number of ether oxygens (including phenoxy) is 1. The molecular formula is C20H30N4O3. The van der Waals surface area contributed by atoms with Crippen molar-refractivity contribution in [1.82, 2.24) is 19.6 Å². The number of nitrogens with zero attached hydrogens (tertiary/aromatic N) is 4. The second kappa shape index (κ2) is 7.02. The van der Waals surface area contributed by atoms with Gasteiger partial charge in [0, 0.05) is 44.7 Å². The molecule has 2 aliphatic rings. The lowest BCUT2D eigenvalue weighted by atomic mass is 9.57. The predicted molar refractivity (Wildman–Crippen MR) is 103 cm³/mol. The number of aldehydes is 1. The number of aromatic nitrogens is 2. The Morgan fingerprint density at radius 1 is 1.41 bits per heavy atom. The second-order valence-electron chi connectivity index (χ2n) is 9.09. The fourth-order valence-electron chi connectivity index (χ4n) is 4.18. The summed E-state index contributed by atoms with van der Waals surface area (Å²) in [7, 11) is 3.81. The molecule has 0 aromatic carbocycles. The van der Waals surface area contributed by atoms with Crippen molar-refractivity contribution in [2.45, 2.75) is 39.2 Å². The van der Waals surface area contributed by atoms with E-state index in [1.807, 2.05) is 45.0 Å². The SMILES string of the molecule is CN(/C=C\c1cnn(C)c1C=O)CC1CC2(C1)CN(C(=O)OC(C)(C)C)C2. The van der Waals surface area contributed by atoms with Crippen molar-refractivity contribution in [3.63, 3.8) is 0 Å². The number of likely N-dealkylation sites (tertiary alicyclic amines) is 1. The van der Waals surface area contributed by atoms with Crippen LogP contribution in [0.3, 0.4) is 0 Å². The number of hydrogen-bond acceptors (Lipinski definition) is 5. The summed E-state index contributed by atoms with van der Waals surface area (Å²) in [6.07, 6.45) is 8.57. The van der Waals surface area contributed by atoms with Crippen LogP contribution in [0.5, 0.6) is 0 Å². The largest absolute Gasteiger partial charge is 0.444 e. The van der Waals surface area contributed by atoms with E-state index < -0.39 is 5.60 Å². The van der Waals surface area contributed by atoms with Gasteiger partial charge in [0.2, 0.25) is 0 Å². The zero-order chi connectivity index (χ0) is 19.8. The van der Waals surface area contributed by atoms with Gasteiger partial charge in [0.25, 0.3) is 0 Å². The zero-order valence-corrected chi connectivity index (χ0v) is 16.9. The number of hydrogen-bond donors (Lipinski definition) is 0. The molecule has 1 saturated carbocycles. The maximum Gasteiger partial charge on any atom is 0.410 e. The Morgan fingerprint density at radius 3 is 2.67 bits per heavy atom. The van der Waals surface area contributed by atoms with Crippen LogP contribution in [0.25, 0.3) is 6.08 Å². The van der Waals surface area contributed by atoms with Crippen LogP contribution in [0, 0.1) is 11.3 Å². The van der Waals surface area contributed by atoms with Gasteiger partial charge in [-0.1, -0.05) is 0 Å². The van der Waals surface area contributed by atoms with Crippen LogP contribution >= 0.6 is 0 Å². The third kappa shape index (κ3) is 4.34. The number of amides is 1. The third-order valence-corrected chi connectivity index (χ3v) is 5.33. The van der Waals surface area contributed by atoms with Crippen molar-refractivity contribution in [2.24, 2.45) is 18.4 Å². The maximum absolute atomic E-state index is 12.1. The van der Waals surface area contributed by atoms with Crippen molar-refractivity contribution >= 4 is 18.5 Å². The zero-order valence-electron chi connectivity index (χ0n) is 16.9. The van der Waals surface area contributed by atoms with Crippen LogP contribution in [0.2, 0.25) is 0 Å². The molecule has 2 fully saturated rings. The highest BCUT2D eigenvalue weighted by molar-refractivity contribution is 5.79. The van der Waals surface area contributed by atoms with Gasteiger partial charge in [0.05, 0.1) is 6.20 Å². The molecule has 27 heavy (non-hydrogen) atoms. The van der Waals surface area contributed by atoms with Crippen LogP contribution in [-0.4, -0.2) is 64.2 Å². The van der Waals surface area contributed by atoms with E-state index in [1.54, 1.807) is 17.9 Å². The van der Waals surface area contributed by atoms with Gasteiger partial charge in [0.1, 0.15) is 11.3 Å². The van der Waals surface area contributed by atoms with Gasteiger partial charge in [-0.05, 0) is 51.8 Å². The van der Waals surface area contributed by atoms with Gasteiger partial charge >= 0.3 is 6.09 Å². The highest BCUT2D eigenvalue weighted by Gasteiger charge is 2.54. The van der Waals surface area contributed by atoms with Crippen molar-refractivity contribution < 1.29 is 14.3 Å². The van der Waals surface area contributed by atoms with Gasteiger partial charge in [-0.15, -0.1) is 0 Å². The highest BCUT2D eigenvalue weighted by Crippen LogP contribution is 2.52. The van der Waals surface area contributed by atoms with E-state index >= 15 is 0 Å². The Hall–Kier alpha value is -2.31. The average Bonchev–Trinajstić information content (AvgIpc) is 2.84. The monoisotopic (exact) mass is 374 g/mol. The first-order valence-electron chi connectivity index (χ1n) is 9.44. The fraction of sp³-hybridized carbons (Fsp3) is 0.650. The van der Waals surface area contributed by atoms with Gasteiger partial charge in [0.15, 0.2) is 6.29 Å². The lowest BCUT2D eigenvalue weighted by molar-refractivity contribution is -0.0977. The molecule has 1 aromatic heterocycles. The van der Waals surface area contributed by atoms with Gasteiger partial charge in [-0.25, -0.2) is 4.79 Å². The van der Waals surface area contributed by atoms with E-state index in [4.69, 9.17) is 4.74 Å². The van der Waals surface area contributed by atoms with Crippen LogP contribution in [-0.2, 0) is 11.8 Å². The molecule has 1 aliphatic heterocycles. The highest BCUT2D eigenvalue weighted by atomic mass is 16.6. The van der Waals surface area contributed by atoms with Crippen LogP contribution in [0.15, 0.2) is 12.4 Å². The number of carbonyl (C=O) groups excluding carboxylic acids is 2. The molecule has 0 N–H and O–H groups in total. The standard InChI is InChI=1S/C20H30N4O3/c1-19(2,3)27-18(26)24-13-20(14-24)8-15(9-20)11-22(4)7-6-16-10-21-23(5)17(16)12-25/h6-7,10,12,15H,8-9,11,13-14H2,1-5H3/b7-6-. The molecule has 3 rings (SSSR count). The molecular weight excluding hydrogens is 344 g/mol. The smallest absolute Gasteiger partial charge is 0.410 e. The van der Waals surface area contributed by atoms with Gasteiger partial charge in [-0.3, -0.25) is 9.48 Å². The molecule has 148 valence electrons. The minimum atomic E-state index is -0.435. The molecule has 1 saturated heterocycles. The molecule has 0 unspecified atom stereocenters. The fourth-order valence-corrected chi connectivity index (χ4v) is 4.18. The van der Waals surface area contributed by atoms with E-state index in [0.29, 0.717) is 17.0 Å². The topological polar surface area (TPSA) is 67.7 Å². The number of carbonyl (C=O) groups is 2. The molecule has 7 nitrogen and oxygen atoms in total. The van der Waals surface area contributed by atoms with Crippen LogP contribution in [0.4, 0.5) is 4.79 Å². The average molecular weight is 374 g/mol. The van der Waals surface area contributed by atoms with Crippen LogP contribution < -0.4 is 0 Å². The van der Waals surface area contributed by atoms with E-state index in [2.05, 4.69) is 10.00 Å². The van der Waals surface area contributed by atoms with Gasteiger partial charge in [-0.2, -0.15) is 5.10 Å². The van der Waals surface area contributed by atoms with E-state index in [9.17, 15) is 9.59 Å². The molecule has 2 heterocycles. The van der Waals surface area contributed by atoms with Crippen molar-refractivity contribution in [2.75, 3.05) is 26.7 Å². The first-order valence-corrected chi connectivity index (χ1v) is 9.44. The van der Waals surface area contributed by atoms with E-state index in [0.717, 1.165) is 44.3 Å². The molecule has 0 atom stereocenters. The lowest BCUT2D eigenvalue weighted by Gasteiger charge is -2.59. The summed E-state index contributed by atoms with van der Waals surface area (Å²) >= 11 is 0. The Kier molecular flexibility index (Phi) is 5.06. The lowest BCUT2D eigenvalue weighted by Crippen LogP contribution is -2.65. The van der Waals surface area contributed by atoms with Crippen molar-refractivity contribution in [1.29, 1.82) is 0 Å². The normalized spacial score (nSPS) is 19.1. The minimum Gasteiger partial charge on any atom is -0.444 e. The Morgan fingerprint density at radius 2 is 2.07 bits per heavy atom. The summed E-state index contributed by atoms with van der Waals surface area (Å²) < 4.78 is 7.01. The second-order valence-corrected chi connectivity index (χ2v) is 9.09. The molecule has 1 aliphatic carbocycles. The Labute approximate surface area is 160 Å². The molecule has 1 amide bonds. The molecule has 1 aromatic rings. The van der Waals surface area contributed by atoms with Crippen molar-refractivity contribution in [3.8, 4) is 0 Å². The quantitative estimate of drug-likeness (QED) is 0.742. The van der Waals surface area contributed by atoms with Crippen molar-refractivity contribution in [3.05, 3.63) is 23.7 Å². The van der Waals surface area contributed by atoms with Gasteiger partial charge < -0.3 is 14.5 Å².